The molecule has 0 saturated carbocycles. The molecule has 3 heteroatoms. The van der Waals surface area contributed by atoms with E-state index in [1.807, 2.05) is 0 Å². The van der Waals surface area contributed by atoms with E-state index < -0.39 is 0 Å². The van der Waals surface area contributed by atoms with Crippen LogP contribution in [0.15, 0.2) is 24.3 Å². The molecule has 0 aromatic rings. The number of carbonyl (C=O) groups excluding carboxylic acids is 1. The number of rotatable bonds is 6. The van der Waals surface area contributed by atoms with Crippen molar-refractivity contribution in [1.82, 2.24) is 4.90 Å². The average molecular weight is 263 g/mol. The second kappa shape index (κ2) is 6.38. The molecule has 0 amide bonds. The molecule has 1 heterocycles. The molecule has 19 heavy (non-hydrogen) atoms. The topological polar surface area (TPSA) is 29.5 Å². The highest BCUT2D eigenvalue weighted by atomic mass is 16.5. The maximum atomic E-state index is 12.0. The first-order valence-electron chi connectivity index (χ1n) is 7.40. The summed E-state index contributed by atoms with van der Waals surface area (Å²) in [6, 6.07) is -0.00649. The molecular formula is C16H25NO2. The van der Waals surface area contributed by atoms with Gasteiger partial charge in [0.15, 0.2) is 0 Å². The Hall–Kier alpha value is -1.09. The molecule has 0 N–H and O–H groups in total. The van der Waals surface area contributed by atoms with E-state index in [0.717, 1.165) is 38.8 Å². The zero-order valence-electron chi connectivity index (χ0n) is 12.1. The number of allylic oxidation sites excluding steroid dienone is 3. The number of esters is 1. The summed E-state index contributed by atoms with van der Waals surface area (Å²) in [6.07, 6.45) is 12.7. The summed E-state index contributed by atoms with van der Waals surface area (Å²) < 4.78 is 5.33. The summed E-state index contributed by atoms with van der Waals surface area (Å²) >= 11 is 0. The van der Waals surface area contributed by atoms with Gasteiger partial charge in [0.1, 0.15) is 6.04 Å². The van der Waals surface area contributed by atoms with E-state index in [2.05, 4.69) is 43.1 Å². The Balaban J connectivity index is 1.80. The maximum absolute atomic E-state index is 12.0. The molecule has 1 saturated heterocycles. The molecule has 3 nitrogen and oxygen atoms in total. The van der Waals surface area contributed by atoms with Crippen molar-refractivity contribution in [2.24, 2.45) is 5.41 Å². The summed E-state index contributed by atoms with van der Waals surface area (Å²) in [4.78, 5) is 14.2. The number of hydrogen-bond donors (Lipinski definition) is 0. The summed E-state index contributed by atoms with van der Waals surface area (Å²) in [5.41, 5.74) is 0.164. The number of hydrogen-bond acceptors (Lipinski definition) is 3. The largest absolute Gasteiger partial charge is 0.465 e. The fraction of sp³-hybridized carbons (Fsp3) is 0.688. The van der Waals surface area contributed by atoms with Crippen LogP contribution in [0.5, 0.6) is 0 Å². The van der Waals surface area contributed by atoms with Crippen molar-refractivity contribution < 1.29 is 9.53 Å². The molecule has 2 aliphatic rings. The highest BCUT2D eigenvalue weighted by Crippen LogP contribution is 2.32. The van der Waals surface area contributed by atoms with Crippen LogP contribution in [0.1, 0.15) is 39.5 Å². The second-order valence-electron chi connectivity index (χ2n) is 5.94. The zero-order valence-corrected chi connectivity index (χ0v) is 12.1. The predicted octanol–water partition coefficient (Wildman–Crippen LogP) is 2.93. The van der Waals surface area contributed by atoms with Gasteiger partial charge in [0.05, 0.1) is 6.61 Å². The Labute approximate surface area is 116 Å². The van der Waals surface area contributed by atoms with Crippen molar-refractivity contribution in [3.05, 3.63) is 24.3 Å². The number of nitrogens with zero attached hydrogens (tertiary/aromatic N) is 1. The van der Waals surface area contributed by atoms with Gasteiger partial charge in [0.25, 0.3) is 0 Å². The van der Waals surface area contributed by atoms with Crippen molar-refractivity contribution >= 4 is 5.97 Å². The van der Waals surface area contributed by atoms with Crippen LogP contribution in [0.25, 0.3) is 0 Å². The SMILES string of the molecule is CCCCOC(=O)C1CCN1CC1(C)C=CC=CC1. The number of unbranched alkanes of at least 4 members (excludes halogenated alkanes) is 1. The van der Waals surface area contributed by atoms with Crippen LogP contribution in [-0.2, 0) is 9.53 Å². The van der Waals surface area contributed by atoms with Gasteiger partial charge in [-0.25, -0.2) is 0 Å². The molecule has 0 bridgehead atoms. The van der Waals surface area contributed by atoms with Crippen LogP contribution in [0, 0.1) is 5.41 Å². The number of ether oxygens (including phenoxy) is 1. The molecule has 1 aliphatic heterocycles. The Morgan fingerprint density at radius 1 is 1.47 bits per heavy atom. The van der Waals surface area contributed by atoms with Crippen molar-refractivity contribution in [2.75, 3.05) is 19.7 Å². The monoisotopic (exact) mass is 263 g/mol. The number of carbonyl (C=O) groups is 1. The second-order valence-corrected chi connectivity index (χ2v) is 5.94. The van der Waals surface area contributed by atoms with Crippen LogP contribution < -0.4 is 0 Å². The minimum absolute atomic E-state index is 0.00649. The van der Waals surface area contributed by atoms with E-state index in [0.29, 0.717) is 6.61 Å². The Bertz CT molecular complexity index is 375. The quantitative estimate of drug-likeness (QED) is 0.545. The first-order valence-corrected chi connectivity index (χ1v) is 7.40. The van der Waals surface area contributed by atoms with Crippen molar-refractivity contribution in [3.8, 4) is 0 Å². The molecule has 2 unspecified atom stereocenters. The van der Waals surface area contributed by atoms with Crippen LogP contribution >= 0.6 is 0 Å². The first kappa shape index (κ1) is 14.3. The van der Waals surface area contributed by atoms with Crippen LogP contribution in [0.4, 0.5) is 0 Å². The van der Waals surface area contributed by atoms with E-state index >= 15 is 0 Å². The molecule has 1 fully saturated rings. The minimum Gasteiger partial charge on any atom is -0.465 e. The first-order chi connectivity index (χ1) is 9.14. The normalized spacial score (nSPS) is 30.1. The van der Waals surface area contributed by atoms with Gasteiger partial charge in [-0.05, 0) is 19.3 Å². The van der Waals surface area contributed by atoms with Gasteiger partial charge in [-0.3, -0.25) is 9.69 Å². The molecule has 0 aromatic carbocycles. The summed E-state index contributed by atoms with van der Waals surface area (Å²) in [5, 5.41) is 0. The van der Waals surface area contributed by atoms with Crippen molar-refractivity contribution in [1.29, 1.82) is 0 Å². The van der Waals surface area contributed by atoms with E-state index in [9.17, 15) is 4.79 Å². The number of likely N-dealkylation sites (tertiary alicyclic amines) is 1. The lowest BCUT2D eigenvalue weighted by Crippen LogP contribution is -2.55. The van der Waals surface area contributed by atoms with Crippen LogP contribution in [0.2, 0.25) is 0 Å². The van der Waals surface area contributed by atoms with Gasteiger partial charge in [-0.1, -0.05) is 44.6 Å². The fourth-order valence-corrected chi connectivity index (χ4v) is 2.66. The van der Waals surface area contributed by atoms with Gasteiger partial charge in [0, 0.05) is 18.5 Å². The third kappa shape index (κ3) is 3.69. The zero-order chi connectivity index (χ0) is 13.7. The third-order valence-corrected chi connectivity index (χ3v) is 4.04. The smallest absolute Gasteiger partial charge is 0.323 e. The molecule has 106 valence electrons. The van der Waals surface area contributed by atoms with Gasteiger partial charge in [0.2, 0.25) is 0 Å². The van der Waals surface area contributed by atoms with Gasteiger partial charge in [-0.2, -0.15) is 0 Å². The minimum atomic E-state index is -0.0290. The van der Waals surface area contributed by atoms with Crippen LogP contribution in [-0.4, -0.2) is 36.6 Å². The van der Waals surface area contributed by atoms with E-state index in [-0.39, 0.29) is 17.4 Å². The van der Waals surface area contributed by atoms with Crippen molar-refractivity contribution in [3.63, 3.8) is 0 Å². The third-order valence-electron chi connectivity index (χ3n) is 4.04. The van der Waals surface area contributed by atoms with E-state index in [1.165, 1.54) is 0 Å². The molecule has 0 aromatic heterocycles. The Morgan fingerprint density at radius 3 is 2.89 bits per heavy atom. The summed E-state index contributed by atoms with van der Waals surface area (Å²) in [6.45, 7) is 6.89. The average Bonchev–Trinajstić information content (AvgIpc) is 2.36. The predicted molar refractivity (Wildman–Crippen MR) is 76.8 cm³/mol. The summed E-state index contributed by atoms with van der Waals surface area (Å²) in [7, 11) is 0. The van der Waals surface area contributed by atoms with E-state index in [1.54, 1.807) is 0 Å². The molecule has 0 radical (unpaired) electrons. The Morgan fingerprint density at radius 2 is 2.32 bits per heavy atom. The lowest BCUT2D eigenvalue weighted by molar-refractivity contribution is -0.155. The molecule has 2 rings (SSSR count). The van der Waals surface area contributed by atoms with E-state index in [4.69, 9.17) is 4.74 Å². The van der Waals surface area contributed by atoms with Gasteiger partial charge < -0.3 is 4.74 Å². The molecular weight excluding hydrogens is 238 g/mol. The molecule has 2 atom stereocenters. The highest BCUT2D eigenvalue weighted by molar-refractivity contribution is 5.76. The highest BCUT2D eigenvalue weighted by Gasteiger charge is 2.38. The fourth-order valence-electron chi connectivity index (χ4n) is 2.66. The van der Waals surface area contributed by atoms with Gasteiger partial charge in [-0.15, -0.1) is 0 Å². The maximum Gasteiger partial charge on any atom is 0.323 e. The lowest BCUT2D eigenvalue weighted by Gasteiger charge is -2.44. The Kier molecular flexibility index (Phi) is 4.81. The van der Waals surface area contributed by atoms with Crippen LogP contribution in [0.3, 0.4) is 0 Å². The lowest BCUT2D eigenvalue weighted by atomic mass is 9.81. The van der Waals surface area contributed by atoms with Crippen molar-refractivity contribution in [2.45, 2.75) is 45.6 Å². The van der Waals surface area contributed by atoms with Gasteiger partial charge >= 0.3 is 5.97 Å². The standard InChI is InChI=1S/C16H25NO2/c1-3-4-12-19-15(18)14-8-11-17(14)13-16(2)9-6-5-7-10-16/h5-7,9,14H,3-4,8,10-13H2,1-2H3. The molecule has 0 spiro atoms. The summed E-state index contributed by atoms with van der Waals surface area (Å²) in [5.74, 6) is -0.0290. The molecule has 1 aliphatic carbocycles.